The molecule has 1 aromatic rings. The van der Waals surface area contributed by atoms with Gasteiger partial charge in [0.2, 0.25) is 11.8 Å². The molecule has 1 aliphatic rings. The third-order valence-electron chi connectivity index (χ3n) is 3.77. The Morgan fingerprint density at radius 1 is 1.36 bits per heavy atom. The second kappa shape index (κ2) is 7.77. The van der Waals surface area contributed by atoms with Gasteiger partial charge in [0.05, 0.1) is 6.54 Å². The fourth-order valence-corrected chi connectivity index (χ4v) is 2.60. The van der Waals surface area contributed by atoms with Crippen LogP contribution in [0.15, 0.2) is 18.3 Å². The van der Waals surface area contributed by atoms with E-state index in [1.165, 1.54) is 0 Å². The first kappa shape index (κ1) is 16.3. The molecular weight excluding hydrogens is 280 g/mol. The van der Waals surface area contributed by atoms with Crippen LogP contribution < -0.4 is 10.2 Å². The summed E-state index contributed by atoms with van der Waals surface area (Å²) in [5, 5.41) is 2.88. The maximum Gasteiger partial charge on any atom is 0.239 e. The van der Waals surface area contributed by atoms with Crippen LogP contribution >= 0.6 is 0 Å². The Labute approximate surface area is 131 Å². The van der Waals surface area contributed by atoms with Gasteiger partial charge in [0.25, 0.3) is 0 Å². The number of carbonyl (C=O) groups is 2. The summed E-state index contributed by atoms with van der Waals surface area (Å²) in [6.07, 6.45) is 5.26. The van der Waals surface area contributed by atoms with E-state index >= 15 is 0 Å². The van der Waals surface area contributed by atoms with Gasteiger partial charge in [0, 0.05) is 45.4 Å². The molecule has 120 valence electrons. The fraction of sp³-hybridized carbons (Fsp3) is 0.562. The number of pyridine rings is 1. The average Bonchev–Trinajstić information content (AvgIpc) is 2.70. The number of hydrogen-bond acceptors (Lipinski definition) is 4. The molecule has 0 aromatic carbocycles. The van der Waals surface area contributed by atoms with Crippen molar-refractivity contribution in [2.24, 2.45) is 0 Å². The molecule has 0 bridgehead atoms. The van der Waals surface area contributed by atoms with Crippen molar-refractivity contribution in [3.8, 4) is 0 Å². The van der Waals surface area contributed by atoms with Crippen LogP contribution in [-0.4, -0.2) is 48.9 Å². The molecule has 1 fully saturated rings. The van der Waals surface area contributed by atoms with Crippen LogP contribution in [0.2, 0.25) is 0 Å². The largest absolute Gasteiger partial charge is 0.362 e. The Hall–Kier alpha value is -2.11. The molecule has 0 saturated carbocycles. The van der Waals surface area contributed by atoms with Crippen molar-refractivity contribution in [2.45, 2.75) is 32.2 Å². The van der Waals surface area contributed by atoms with Crippen LogP contribution in [0.1, 0.15) is 31.2 Å². The van der Waals surface area contributed by atoms with Crippen molar-refractivity contribution in [3.63, 3.8) is 0 Å². The summed E-state index contributed by atoms with van der Waals surface area (Å²) in [5.41, 5.74) is 0.961. The molecule has 2 heterocycles. The van der Waals surface area contributed by atoms with Gasteiger partial charge in [-0.15, -0.1) is 0 Å². The van der Waals surface area contributed by atoms with Gasteiger partial charge in [-0.3, -0.25) is 9.59 Å². The third-order valence-corrected chi connectivity index (χ3v) is 3.77. The Balaban J connectivity index is 1.89. The number of carbonyl (C=O) groups excluding carboxylic acids is 2. The van der Waals surface area contributed by atoms with E-state index in [9.17, 15) is 9.59 Å². The summed E-state index contributed by atoms with van der Waals surface area (Å²) in [5.74, 6) is 0.806. The summed E-state index contributed by atoms with van der Waals surface area (Å²) in [6, 6.07) is 3.80. The lowest BCUT2D eigenvalue weighted by Crippen LogP contribution is -2.40. The fourth-order valence-electron chi connectivity index (χ4n) is 2.60. The lowest BCUT2D eigenvalue weighted by Gasteiger charge is -2.20. The van der Waals surface area contributed by atoms with Gasteiger partial charge in [-0.2, -0.15) is 0 Å². The lowest BCUT2D eigenvalue weighted by molar-refractivity contribution is -0.135. The summed E-state index contributed by atoms with van der Waals surface area (Å²) in [4.78, 5) is 31.9. The Kier molecular flexibility index (Phi) is 5.75. The van der Waals surface area contributed by atoms with E-state index < -0.39 is 0 Å². The summed E-state index contributed by atoms with van der Waals surface area (Å²) in [7, 11) is 3.84. The van der Waals surface area contributed by atoms with Crippen molar-refractivity contribution >= 4 is 17.6 Å². The number of nitrogens with one attached hydrogen (secondary N) is 1. The van der Waals surface area contributed by atoms with Crippen molar-refractivity contribution < 1.29 is 9.59 Å². The van der Waals surface area contributed by atoms with Gasteiger partial charge >= 0.3 is 0 Å². The highest BCUT2D eigenvalue weighted by atomic mass is 16.2. The van der Waals surface area contributed by atoms with Crippen LogP contribution in [-0.2, 0) is 16.1 Å². The molecule has 0 radical (unpaired) electrons. The second-order valence-corrected chi connectivity index (χ2v) is 5.78. The van der Waals surface area contributed by atoms with E-state index in [0.717, 1.165) is 30.6 Å². The minimum atomic E-state index is -0.121. The number of nitrogens with zero attached hydrogens (tertiary/aromatic N) is 3. The van der Waals surface area contributed by atoms with Gasteiger partial charge < -0.3 is 15.1 Å². The van der Waals surface area contributed by atoms with E-state index in [1.54, 1.807) is 11.1 Å². The molecule has 2 amide bonds. The highest BCUT2D eigenvalue weighted by Crippen LogP contribution is 2.14. The summed E-state index contributed by atoms with van der Waals surface area (Å²) >= 11 is 0. The van der Waals surface area contributed by atoms with Crippen LogP contribution in [0.25, 0.3) is 0 Å². The predicted octanol–water partition coefficient (Wildman–Crippen LogP) is 1.17. The number of aromatic nitrogens is 1. The number of hydrogen-bond donors (Lipinski definition) is 1. The summed E-state index contributed by atoms with van der Waals surface area (Å²) in [6.45, 7) is 1.25. The number of amides is 2. The molecule has 22 heavy (non-hydrogen) atoms. The molecule has 0 unspecified atom stereocenters. The molecule has 1 N–H and O–H groups in total. The first-order chi connectivity index (χ1) is 10.6. The molecule has 0 spiro atoms. The topological polar surface area (TPSA) is 65.5 Å². The monoisotopic (exact) mass is 304 g/mol. The van der Waals surface area contributed by atoms with E-state index in [4.69, 9.17) is 0 Å². The lowest BCUT2D eigenvalue weighted by atomic mass is 10.2. The number of rotatable bonds is 5. The molecule has 6 heteroatoms. The molecule has 1 aliphatic heterocycles. The van der Waals surface area contributed by atoms with Crippen molar-refractivity contribution in [3.05, 3.63) is 23.9 Å². The van der Waals surface area contributed by atoms with Gasteiger partial charge in [-0.05, 0) is 18.9 Å². The Morgan fingerprint density at radius 2 is 2.18 bits per heavy atom. The molecule has 6 nitrogen and oxygen atoms in total. The van der Waals surface area contributed by atoms with E-state index in [0.29, 0.717) is 19.5 Å². The van der Waals surface area contributed by atoms with Gasteiger partial charge in [-0.1, -0.05) is 12.5 Å². The van der Waals surface area contributed by atoms with Crippen molar-refractivity contribution in [1.82, 2.24) is 15.2 Å². The maximum atomic E-state index is 12.1. The van der Waals surface area contributed by atoms with Gasteiger partial charge in [0.15, 0.2) is 0 Å². The predicted molar refractivity (Wildman–Crippen MR) is 85.5 cm³/mol. The normalized spacial score (nSPS) is 15.4. The van der Waals surface area contributed by atoms with Crippen LogP contribution in [0.4, 0.5) is 5.82 Å². The standard InChI is InChI=1S/C16H24N4O2/c1-19(2)16-13(7-6-9-17-16)11-18-14(21)12-20-10-5-3-4-8-15(20)22/h6-7,9H,3-5,8,10-12H2,1-2H3,(H,18,21). The highest BCUT2D eigenvalue weighted by molar-refractivity contribution is 5.84. The highest BCUT2D eigenvalue weighted by Gasteiger charge is 2.19. The Bertz CT molecular complexity index is 531. The van der Waals surface area contributed by atoms with Crippen LogP contribution in [0.3, 0.4) is 0 Å². The van der Waals surface area contributed by atoms with Crippen LogP contribution in [0.5, 0.6) is 0 Å². The van der Waals surface area contributed by atoms with Crippen LogP contribution in [0, 0.1) is 0 Å². The average molecular weight is 304 g/mol. The first-order valence-corrected chi connectivity index (χ1v) is 7.73. The molecule has 1 saturated heterocycles. The summed E-state index contributed by atoms with van der Waals surface area (Å²) < 4.78 is 0. The number of likely N-dealkylation sites (tertiary alicyclic amines) is 1. The smallest absolute Gasteiger partial charge is 0.239 e. The molecule has 1 aromatic heterocycles. The van der Waals surface area contributed by atoms with Crippen molar-refractivity contribution in [2.75, 3.05) is 32.1 Å². The molecule has 0 aliphatic carbocycles. The molecule has 2 rings (SSSR count). The molecular formula is C16H24N4O2. The van der Waals surface area contributed by atoms with Gasteiger partial charge in [-0.25, -0.2) is 4.98 Å². The van der Waals surface area contributed by atoms with E-state index in [-0.39, 0.29) is 18.4 Å². The first-order valence-electron chi connectivity index (χ1n) is 7.73. The quantitative estimate of drug-likeness (QED) is 0.887. The van der Waals surface area contributed by atoms with E-state index in [1.807, 2.05) is 31.1 Å². The molecule has 0 atom stereocenters. The zero-order valence-electron chi connectivity index (χ0n) is 13.3. The van der Waals surface area contributed by atoms with E-state index in [2.05, 4.69) is 10.3 Å². The minimum absolute atomic E-state index is 0.0861. The SMILES string of the molecule is CN(C)c1ncccc1CNC(=O)CN1CCCCCC1=O. The minimum Gasteiger partial charge on any atom is -0.362 e. The zero-order chi connectivity index (χ0) is 15.9. The Morgan fingerprint density at radius 3 is 2.95 bits per heavy atom. The second-order valence-electron chi connectivity index (χ2n) is 5.78. The number of anilines is 1. The van der Waals surface area contributed by atoms with Gasteiger partial charge in [0.1, 0.15) is 5.82 Å². The zero-order valence-corrected chi connectivity index (χ0v) is 13.3. The maximum absolute atomic E-state index is 12.1. The third kappa shape index (κ3) is 4.44. The van der Waals surface area contributed by atoms with Crippen molar-refractivity contribution in [1.29, 1.82) is 0 Å².